The second-order valence-corrected chi connectivity index (χ2v) is 13.2. The highest BCUT2D eigenvalue weighted by atomic mass is 32.2. The predicted molar refractivity (Wildman–Crippen MR) is 193 cm³/mol. The van der Waals surface area contributed by atoms with Gasteiger partial charge >= 0.3 is 0 Å². The van der Waals surface area contributed by atoms with Gasteiger partial charge in [-0.05, 0) is 103 Å². The first-order valence-electron chi connectivity index (χ1n) is 15.5. The molecule has 0 amide bonds. The van der Waals surface area contributed by atoms with Gasteiger partial charge in [0.15, 0.2) is 0 Å². The molecule has 0 saturated heterocycles. The van der Waals surface area contributed by atoms with Crippen molar-refractivity contribution in [2.75, 3.05) is 16.3 Å². The van der Waals surface area contributed by atoms with Gasteiger partial charge in [0.05, 0.1) is 16.4 Å². The number of thioether (sulfide) groups is 1. The summed E-state index contributed by atoms with van der Waals surface area (Å²) in [4.78, 5) is 7.58. The summed E-state index contributed by atoms with van der Waals surface area (Å²) in [5.74, 6) is 0. The van der Waals surface area contributed by atoms with E-state index in [4.69, 9.17) is 0 Å². The molecule has 7 rings (SSSR count). The van der Waals surface area contributed by atoms with E-state index >= 15 is 0 Å². The highest BCUT2D eigenvalue weighted by molar-refractivity contribution is 8.03. The van der Waals surface area contributed by atoms with Crippen LogP contribution in [0.5, 0.6) is 0 Å². The second-order valence-electron chi connectivity index (χ2n) is 11.0. The molecule has 2 heterocycles. The van der Waals surface area contributed by atoms with Crippen molar-refractivity contribution in [3.63, 3.8) is 0 Å². The van der Waals surface area contributed by atoms with Crippen LogP contribution in [0, 0.1) is 0 Å². The number of anilines is 3. The Hall–Kier alpha value is -4.25. The Morgan fingerprint density at radius 1 is 0.727 bits per heavy atom. The molecule has 0 N–H and O–H groups in total. The molecule has 5 aromatic rings. The molecule has 44 heavy (non-hydrogen) atoms. The molecule has 4 aromatic carbocycles. The number of hydrogen-bond acceptors (Lipinski definition) is 4. The zero-order valence-electron chi connectivity index (χ0n) is 25.2. The molecule has 0 atom stereocenters. The first-order valence-corrected chi connectivity index (χ1v) is 17.2. The Morgan fingerprint density at radius 2 is 1.41 bits per heavy atom. The molecule has 0 fully saturated rings. The van der Waals surface area contributed by atoms with Crippen LogP contribution < -0.4 is 9.80 Å². The van der Waals surface area contributed by atoms with E-state index in [1.165, 1.54) is 64.4 Å². The van der Waals surface area contributed by atoms with Crippen LogP contribution in [0.3, 0.4) is 0 Å². The maximum absolute atomic E-state index is 2.46. The van der Waals surface area contributed by atoms with Gasteiger partial charge in [-0.25, -0.2) is 0 Å². The Kier molecular flexibility index (Phi) is 8.28. The summed E-state index contributed by atoms with van der Waals surface area (Å²) in [7, 11) is 0. The molecule has 0 unspecified atom stereocenters. The molecule has 0 spiro atoms. The maximum Gasteiger partial charge on any atom is 0.0801 e. The monoisotopic (exact) mass is 608 g/mol. The number of para-hydroxylation sites is 3. The van der Waals surface area contributed by atoms with Gasteiger partial charge < -0.3 is 9.80 Å². The highest BCUT2D eigenvalue weighted by Crippen LogP contribution is 2.47. The Balaban J connectivity index is 1.36. The number of allylic oxidation sites excluding steroid dienone is 5. The van der Waals surface area contributed by atoms with Crippen molar-refractivity contribution in [2.24, 2.45) is 0 Å². The third kappa shape index (κ3) is 5.45. The first kappa shape index (κ1) is 28.5. The summed E-state index contributed by atoms with van der Waals surface area (Å²) in [6, 6.07) is 39.2. The van der Waals surface area contributed by atoms with Gasteiger partial charge in [-0.15, -0.1) is 11.3 Å². The normalized spacial score (nSPS) is 16.6. The third-order valence-corrected chi connectivity index (χ3v) is 10.7. The van der Waals surface area contributed by atoms with E-state index in [1.54, 1.807) is 0 Å². The molecular formula is C40H36N2S2. The van der Waals surface area contributed by atoms with Crippen molar-refractivity contribution < 1.29 is 0 Å². The van der Waals surface area contributed by atoms with E-state index in [0.717, 1.165) is 25.8 Å². The minimum atomic E-state index is 0.949. The van der Waals surface area contributed by atoms with Crippen LogP contribution in [-0.4, -0.2) is 6.54 Å². The van der Waals surface area contributed by atoms with E-state index in [-0.39, 0.29) is 0 Å². The molecule has 1 aliphatic carbocycles. The molecule has 2 aliphatic rings. The van der Waals surface area contributed by atoms with Gasteiger partial charge in [-0.1, -0.05) is 97.6 Å². The number of fused-ring (bicyclic) bond motifs is 2. The van der Waals surface area contributed by atoms with Gasteiger partial charge in [0.25, 0.3) is 0 Å². The van der Waals surface area contributed by atoms with Crippen LogP contribution in [-0.2, 0) is 6.42 Å². The Morgan fingerprint density at radius 3 is 2.14 bits per heavy atom. The summed E-state index contributed by atoms with van der Waals surface area (Å²) in [6.07, 6.45) is 12.5. The smallest absolute Gasteiger partial charge is 0.0801 e. The fourth-order valence-corrected chi connectivity index (χ4v) is 8.68. The second kappa shape index (κ2) is 12.8. The zero-order chi connectivity index (χ0) is 29.9. The summed E-state index contributed by atoms with van der Waals surface area (Å²) in [5.41, 5.74) is 9.13. The van der Waals surface area contributed by atoms with Crippen LogP contribution >= 0.6 is 23.1 Å². The number of nitrogens with zero attached hydrogens (tertiary/aromatic N) is 2. The van der Waals surface area contributed by atoms with Gasteiger partial charge in [-0.2, -0.15) is 0 Å². The largest absolute Gasteiger partial charge is 0.335 e. The summed E-state index contributed by atoms with van der Waals surface area (Å²) < 4.78 is 1.36. The Bertz CT molecular complexity index is 1870. The van der Waals surface area contributed by atoms with E-state index in [1.807, 2.05) is 23.1 Å². The standard InChI is InChI=1S/C40H36N2S2/c1-3-33-34-19-11-13-21-36(34)43-37(33)27-25-29-23-24-30(26-28-39-41(4-2)35-20-12-14-22-38(35)44-39)40(29)42(31-15-7-5-8-16-31)32-17-9-6-10-18-32/h5-22,25-28H,3-4,23-24H2,1-2H3/b27-25-,30-26+,39-28+. The molecule has 2 nitrogen and oxygen atoms in total. The fraction of sp³-hybridized carbons (Fsp3) is 0.150. The highest BCUT2D eigenvalue weighted by Gasteiger charge is 2.27. The van der Waals surface area contributed by atoms with Crippen molar-refractivity contribution in [1.29, 1.82) is 0 Å². The van der Waals surface area contributed by atoms with Crippen LogP contribution in [0.2, 0.25) is 0 Å². The topological polar surface area (TPSA) is 6.48 Å². The number of rotatable bonds is 8. The van der Waals surface area contributed by atoms with Gasteiger partial charge in [0.1, 0.15) is 0 Å². The van der Waals surface area contributed by atoms with Crippen LogP contribution in [0.15, 0.2) is 154 Å². The fourth-order valence-electron chi connectivity index (χ4n) is 6.35. The van der Waals surface area contributed by atoms with Gasteiger partial charge in [0.2, 0.25) is 0 Å². The number of benzene rings is 4. The minimum absolute atomic E-state index is 0.949. The van der Waals surface area contributed by atoms with E-state index < -0.39 is 0 Å². The lowest BCUT2D eigenvalue weighted by Crippen LogP contribution is -2.18. The van der Waals surface area contributed by atoms with Crippen molar-refractivity contribution in [2.45, 2.75) is 38.0 Å². The van der Waals surface area contributed by atoms with Gasteiger partial charge in [-0.3, -0.25) is 0 Å². The average Bonchev–Trinajstić information content (AvgIpc) is 3.76. The molecule has 1 aromatic heterocycles. The summed E-state index contributed by atoms with van der Waals surface area (Å²) in [6.45, 7) is 5.45. The number of aryl methyl sites for hydroxylation is 1. The summed E-state index contributed by atoms with van der Waals surface area (Å²) in [5, 5.41) is 2.67. The third-order valence-electron chi connectivity index (χ3n) is 8.42. The van der Waals surface area contributed by atoms with Crippen LogP contribution in [0.1, 0.15) is 37.1 Å². The molecule has 1 aliphatic heterocycles. The SMILES string of the molecule is CCc1c(/C=C\C2=C(N(c3ccccc3)c3ccccc3)C(=C/C=C3/Sc4ccccc4N3CC)/CC2)sc2ccccc12. The average molecular weight is 609 g/mol. The quantitative estimate of drug-likeness (QED) is 0.173. The molecule has 0 radical (unpaired) electrons. The molecule has 0 bridgehead atoms. The summed E-state index contributed by atoms with van der Waals surface area (Å²) >= 11 is 3.77. The van der Waals surface area contributed by atoms with E-state index in [0.29, 0.717) is 0 Å². The lowest BCUT2D eigenvalue weighted by atomic mass is 10.1. The van der Waals surface area contributed by atoms with Gasteiger partial charge in [0, 0.05) is 32.4 Å². The Labute approximate surface area is 269 Å². The predicted octanol–water partition coefficient (Wildman–Crippen LogP) is 11.8. The van der Waals surface area contributed by atoms with Crippen molar-refractivity contribution in [1.82, 2.24) is 0 Å². The number of hydrogen-bond donors (Lipinski definition) is 0. The van der Waals surface area contributed by atoms with Crippen molar-refractivity contribution in [3.05, 3.63) is 160 Å². The number of thiophene rings is 1. The lowest BCUT2D eigenvalue weighted by Gasteiger charge is -2.28. The van der Waals surface area contributed by atoms with Crippen molar-refractivity contribution in [3.8, 4) is 0 Å². The maximum atomic E-state index is 2.46. The molecule has 0 saturated carbocycles. The first-order chi connectivity index (χ1) is 21.7. The molecule has 218 valence electrons. The molecular weight excluding hydrogens is 573 g/mol. The minimum Gasteiger partial charge on any atom is -0.335 e. The van der Waals surface area contributed by atoms with Crippen LogP contribution in [0.4, 0.5) is 17.1 Å². The zero-order valence-corrected chi connectivity index (χ0v) is 26.9. The van der Waals surface area contributed by atoms with E-state index in [2.05, 4.69) is 157 Å². The van der Waals surface area contributed by atoms with Crippen molar-refractivity contribution >= 4 is 56.3 Å². The molecule has 4 heteroatoms. The van der Waals surface area contributed by atoms with E-state index in [9.17, 15) is 0 Å². The van der Waals surface area contributed by atoms with Crippen LogP contribution in [0.25, 0.3) is 16.2 Å². The lowest BCUT2D eigenvalue weighted by molar-refractivity contribution is 1.000.